The Bertz CT molecular complexity index is 127. The lowest BCUT2D eigenvalue weighted by molar-refractivity contribution is -0.0377. The number of rotatable bonds is 1. The number of ether oxygens (including phenoxy) is 1. The van der Waals surface area contributed by atoms with Crippen LogP contribution in [-0.4, -0.2) is 13.2 Å². The van der Waals surface area contributed by atoms with Gasteiger partial charge in [0.1, 0.15) is 0 Å². The average molecular weight is 156 g/mol. The minimum atomic E-state index is 0.410. The van der Waals surface area contributed by atoms with Crippen LogP contribution in [0.1, 0.15) is 34.1 Å². The lowest BCUT2D eigenvalue weighted by Gasteiger charge is -2.36. The van der Waals surface area contributed by atoms with Crippen molar-refractivity contribution in [2.45, 2.75) is 34.1 Å². The molecule has 11 heavy (non-hydrogen) atoms. The van der Waals surface area contributed by atoms with Gasteiger partial charge in [-0.25, -0.2) is 0 Å². The minimum absolute atomic E-state index is 0.410. The molecular formula is C10H20O. The van der Waals surface area contributed by atoms with E-state index in [4.69, 9.17) is 4.74 Å². The highest BCUT2D eigenvalue weighted by atomic mass is 16.5. The molecule has 1 unspecified atom stereocenters. The second kappa shape index (κ2) is 3.14. The van der Waals surface area contributed by atoms with Crippen molar-refractivity contribution in [2.75, 3.05) is 13.2 Å². The lowest BCUT2D eigenvalue weighted by Crippen LogP contribution is -2.34. The summed E-state index contributed by atoms with van der Waals surface area (Å²) in [7, 11) is 0. The zero-order chi connectivity index (χ0) is 8.48. The standard InChI is InChI=1S/C10H20O/c1-8(2)9-5-10(3,4)7-11-6-9/h8-9H,5-7H2,1-4H3. The van der Waals surface area contributed by atoms with Gasteiger partial charge in [0, 0.05) is 6.61 Å². The molecule has 1 nitrogen and oxygen atoms in total. The molecule has 0 saturated carbocycles. The van der Waals surface area contributed by atoms with Gasteiger partial charge >= 0.3 is 0 Å². The molecule has 1 fully saturated rings. The van der Waals surface area contributed by atoms with E-state index in [1.807, 2.05) is 0 Å². The van der Waals surface area contributed by atoms with Gasteiger partial charge in [-0.15, -0.1) is 0 Å². The summed E-state index contributed by atoms with van der Waals surface area (Å²) in [4.78, 5) is 0. The zero-order valence-corrected chi connectivity index (χ0v) is 8.18. The zero-order valence-electron chi connectivity index (χ0n) is 8.18. The first-order valence-electron chi connectivity index (χ1n) is 4.59. The van der Waals surface area contributed by atoms with Crippen LogP contribution in [0, 0.1) is 17.3 Å². The summed E-state index contributed by atoms with van der Waals surface area (Å²) in [6.45, 7) is 11.1. The molecule has 0 amide bonds. The summed E-state index contributed by atoms with van der Waals surface area (Å²) < 4.78 is 5.56. The topological polar surface area (TPSA) is 9.23 Å². The molecule has 1 atom stereocenters. The first kappa shape index (κ1) is 9.05. The van der Waals surface area contributed by atoms with Crippen LogP contribution in [0.3, 0.4) is 0 Å². The number of hydrogen-bond donors (Lipinski definition) is 0. The molecule has 0 aromatic rings. The molecule has 0 spiro atoms. The smallest absolute Gasteiger partial charge is 0.0517 e. The van der Waals surface area contributed by atoms with E-state index >= 15 is 0 Å². The van der Waals surface area contributed by atoms with E-state index in [0.29, 0.717) is 5.41 Å². The predicted octanol–water partition coefficient (Wildman–Crippen LogP) is 2.71. The van der Waals surface area contributed by atoms with E-state index in [1.165, 1.54) is 6.42 Å². The van der Waals surface area contributed by atoms with Gasteiger partial charge in [0.15, 0.2) is 0 Å². The third-order valence-electron chi connectivity index (χ3n) is 2.58. The second-order valence-electron chi connectivity index (χ2n) is 4.89. The molecule has 1 heteroatoms. The highest BCUT2D eigenvalue weighted by molar-refractivity contribution is 4.78. The van der Waals surface area contributed by atoms with Crippen LogP contribution >= 0.6 is 0 Å². The second-order valence-corrected chi connectivity index (χ2v) is 4.89. The maximum Gasteiger partial charge on any atom is 0.0517 e. The van der Waals surface area contributed by atoms with Gasteiger partial charge in [0.05, 0.1) is 6.61 Å². The van der Waals surface area contributed by atoms with Gasteiger partial charge < -0.3 is 4.74 Å². The van der Waals surface area contributed by atoms with Crippen LogP contribution in [-0.2, 0) is 4.74 Å². The van der Waals surface area contributed by atoms with Crippen molar-refractivity contribution in [3.05, 3.63) is 0 Å². The third-order valence-corrected chi connectivity index (χ3v) is 2.58. The molecule has 1 aliphatic heterocycles. The molecule has 0 N–H and O–H groups in total. The van der Waals surface area contributed by atoms with Crippen molar-refractivity contribution in [3.8, 4) is 0 Å². The summed E-state index contributed by atoms with van der Waals surface area (Å²) in [6.07, 6.45) is 1.32. The Balaban J connectivity index is 2.46. The highest BCUT2D eigenvalue weighted by Gasteiger charge is 2.29. The van der Waals surface area contributed by atoms with E-state index in [1.54, 1.807) is 0 Å². The molecule has 1 saturated heterocycles. The summed E-state index contributed by atoms with van der Waals surface area (Å²) in [5.74, 6) is 1.55. The van der Waals surface area contributed by atoms with Crippen molar-refractivity contribution in [2.24, 2.45) is 17.3 Å². The Hall–Kier alpha value is -0.0400. The minimum Gasteiger partial charge on any atom is -0.381 e. The van der Waals surface area contributed by atoms with Gasteiger partial charge in [-0.3, -0.25) is 0 Å². The van der Waals surface area contributed by atoms with Crippen molar-refractivity contribution >= 4 is 0 Å². The van der Waals surface area contributed by atoms with Crippen molar-refractivity contribution in [1.29, 1.82) is 0 Å². The maximum atomic E-state index is 5.56. The van der Waals surface area contributed by atoms with Gasteiger partial charge in [-0.05, 0) is 23.7 Å². The van der Waals surface area contributed by atoms with Crippen molar-refractivity contribution in [1.82, 2.24) is 0 Å². The van der Waals surface area contributed by atoms with Crippen LogP contribution in [0.25, 0.3) is 0 Å². The average Bonchev–Trinajstić information content (AvgIpc) is 1.85. The lowest BCUT2D eigenvalue weighted by atomic mass is 9.77. The molecule has 66 valence electrons. The molecule has 0 aromatic carbocycles. The normalized spacial score (nSPS) is 30.8. The van der Waals surface area contributed by atoms with Gasteiger partial charge in [0.2, 0.25) is 0 Å². The Kier molecular flexibility index (Phi) is 2.58. The molecule has 1 heterocycles. The Labute approximate surface area is 70.1 Å². The van der Waals surface area contributed by atoms with Gasteiger partial charge in [-0.2, -0.15) is 0 Å². The van der Waals surface area contributed by atoms with E-state index in [9.17, 15) is 0 Å². The van der Waals surface area contributed by atoms with E-state index < -0.39 is 0 Å². The number of hydrogen-bond acceptors (Lipinski definition) is 1. The van der Waals surface area contributed by atoms with Crippen LogP contribution in [0.5, 0.6) is 0 Å². The molecule has 0 radical (unpaired) electrons. The largest absolute Gasteiger partial charge is 0.381 e. The first-order chi connectivity index (χ1) is 5.01. The van der Waals surface area contributed by atoms with Crippen molar-refractivity contribution < 1.29 is 4.74 Å². The predicted molar refractivity (Wildman–Crippen MR) is 47.5 cm³/mol. The maximum absolute atomic E-state index is 5.56. The van der Waals surface area contributed by atoms with Gasteiger partial charge in [0.25, 0.3) is 0 Å². The van der Waals surface area contributed by atoms with Crippen LogP contribution in [0.15, 0.2) is 0 Å². The molecule has 1 aliphatic rings. The van der Waals surface area contributed by atoms with Crippen LogP contribution in [0.4, 0.5) is 0 Å². The highest BCUT2D eigenvalue weighted by Crippen LogP contribution is 2.33. The fourth-order valence-electron chi connectivity index (χ4n) is 1.74. The van der Waals surface area contributed by atoms with Crippen molar-refractivity contribution in [3.63, 3.8) is 0 Å². The Morgan fingerprint density at radius 3 is 2.36 bits per heavy atom. The SMILES string of the molecule is CC(C)C1COCC(C)(C)C1. The first-order valence-corrected chi connectivity index (χ1v) is 4.59. The fourth-order valence-corrected chi connectivity index (χ4v) is 1.74. The molecular weight excluding hydrogens is 136 g/mol. The van der Waals surface area contributed by atoms with E-state index in [0.717, 1.165) is 25.0 Å². The molecule has 1 rings (SSSR count). The van der Waals surface area contributed by atoms with Crippen LogP contribution in [0.2, 0.25) is 0 Å². The van der Waals surface area contributed by atoms with E-state index in [2.05, 4.69) is 27.7 Å². The fraction of sp³-hybridized carbons (Fsp3) is 1.00. The van der Waals surface area contributed by atoms with Crippen LogP contribution < -0.4 is 0 Å². The summed E-state index contributed by atoms with van der Waals surface area (Å²) in [6, 6.07) is 0. The monoisotopic (exact) mass is 156 g/mol. The van der Waals surface area contributed by atoms with Gasteiger partial charge in [-0.1, -0.05) is 27.7 Å². The van der Waals surface area contributed by atoms with E-state index in [-0.39, 0.29) is 0 Å². The molecule has 0 aliphatic carbocycles. The summed E-state index contributed by atoms with van der Waals surface area (Å²) in [5, 5.41) is 0. The molecule has 0 bridgehead atoms. The Morgan fingerprint density at radius 2 is 2.00 bits per heavy atom. The quantitative estimate of drug-likeness (QED) is 0.567. The molecule has 0 aromatic heterocycles. The Morgan fingerprint density at radius 1 is 1.36 bits per heavy atom. The summed E-state index contributed by atoms with van der Waals surface area (Å²) >= 11 is 0. The third kappa shape index (κ3) is 2.48. The summed E-state index contributed by atoms with van der Waals surface area (Å²) in [5.41, 5.74) is 0.410.